The zero-order valence-corrected chi connectivity index (χ0v) is 19.4. The number of fused-ring (bicyclic) bond motifs is 1. The fraction of sp³-hybridized carbons (Fsp3) is 0.409. The van der Waals surface area contributed by atoms with Crippen molar-refractivity contribution in [3.8, 4) is 0 Å². The van der Waals surface area contributed by atoms with Crippen LogP contribution in [0.4, 0.5) is 5.69 Å². The highest BCUT2D eigenvalue weighted by molar-refractivity contribution is 7.99. The van der Waals surface area contributed by atoms with Gasteiger partial charge < -0.3 is 5.32 Å². The van der Waals surface area contributed by atoms with Crippen LogP contribution in [-0.4, -0.2) is 21.2 Å². The molecule has 7 heteroatoms. The van der Waals surface area contributed by atoms with Crippen molar-refractivity contribution < 1.29 is 4.79 Å². The number of carbonyl (C=O) groups is 1. The van der Waals surface area contributed by atoms with Crippen LogP contribution < -0.4 is 10.9 Å². The number of hydrogen-bond donors (Lipinski definition) is 1. The van der Waals surface area contributed by atoms with Crippen LogP contribution in [0.2, 0.25) is 0 Å². The number of aryl methyl sites for hydroxylation is 3. The summed E-state index contributed by atoms with van der Waals surface area (Å²) in [5, 5.41) is 4.35. The zero-order valence-electron chi connectivity index (χ0n) is 17.8. The average molecular weight is 430 g/mol. The van der Waals surface area contributed by atoms with Gasteiger partial charge >= 0.3 is 0 Å². The van der Waals surface area contributed by atoms with Crippen molar-refractivity contribution >= 4 is 44.9 Å². The SMILES string of the molecule is CCn1c(SCC(=O)Nc2c(C)cccc2C(C)C)nc2sc(C)c(C)c2c1=O. The predicted octanol–water partition coefficient (Wildman–Crippen LogP) is 5.26. The van der Waals surface area contributed by atoms with Crippen molar-refractivity contribution in [3.63, 3.8) is 0 Å². The maximum absolute atomic E-state index is 12.9. The first kappa shape index (κ1) is 21.6. The number of hydrogen-bond acceptors (Lipinski definition) is 5. The molecule has 0 atom stereocenters. The summed E-state index contributed by atoms with van der Waals surface area (Å²) in [7, 11) is 0. The fourth-order valence-electron chi connectivity index (χ4n) is 3.35. The lowest BCUT2D eigenvalue weighted by Crippen LogP contribution is -2.23. The standard InChI is InChI=1S/C22H27N3O2S2/c1-7-25-21(27)18-14(5)15(6)29-20(18)24-22(25)28-11-17(26)23-19-13(4)9-8-10-16(19)12(2)3/h8-10,12H,7,11H2,1-6H3,(H,23,26). The van der Waals surface area contributed by atoms with E-state index in [1.54, 1.807) is 4.57 Å². The molecule has 154 valence electrons. The van der Waals surface area contributed by atoms with E-state index >= 15 is 0 Å². The second-order valence-electron chi connectivity index (χ2n) is 7.44. The molecule has 1 aromatic carbocycles. The summed E-state index contributed by atoms with van der Waals surface area (Å²) in [6, 6.07) is 6.06. The van der Waals surface area contributed by atoms with E-state index in [2.05, 4.69) is 19.2 Å². The van der Waals surface area contributed by atoms with Crippen molar-refractivity contribution in [2.75, 3.05) is 11.1 Å². The third-order valence-corrected chi connectivity index (χ3v) is 7.17. The van der Waals surface area contributed by atoms with Crippen LogP contribution in [-0.2, 0) is 11.3 Å². The van der Waals surface area contributed by atoms with E-state index in [-0.39, 0.29) is 17.2 Å². The first-order valence-corrected chi connectivity index (χ1v) is 11.6. The Kier molecular flexibility index (Phi) is 6.49. The molecule has 0 bridgehead atoms. The number of amides is 1. The van der Waals surface area contributed by atoms with E-state index in [1.165, 1.54) is 23.1 Å². The Morgan fingerprint density at radius 1 is 1.28 bits per heavy atom. The summed E-state index contributed by atoms with van der Waals surface area (Å²) >= 11 is 2.84. The van der Waals surface area contributed by atoms with Gasteiger partial charge in [0.05, 0.1) is 11.1 Å². The van der Waals surface area contributed by atoms with E-state index < -0.39 is 0 Å². The monoisotopic (exact) mass is 429 g/mol. The van der Waals surface area contributed by atoms with Gasteiger partial charge in [-0.15, -0.1) is 11.3 Å². The van der Waals surface area contributed by atoms with Gasteiger partial charge in [-0.1, -0.05) is 43.8 Å². The Balaban J connectivity index is 1.84. The first-order chi connectivity index (χ1) is 13.7. The Morgan fingerprint density at radius 3 is 2.66 bits per heavy atom. The normalized spacial score (nSPS) is 11.4. The molecule has 2 aromatic heterocycles. The Bertz CT molecular complexity index is 1130. The van der Waals surface area contributed by atoms with Crippen molar-refractivity contribution in [1.82, 2.24) is 9.55 Å². The minimum absolute atomic E-state index is 0.0248. The number of anilines is 1. The third kappa shape index (κ3) is 4.26. The molecule has 0 radical (unpaired) electrons. The Morgan fingerprint density at radius 2 is 2.00 bits per heavy atom. The third-order valence-electron chi connectivity index (χ3n) is 5.09. The molecule has 1 amide bonds. The Hall–Kier alpha value is -2.12. The predicted molar refractivity (Wildman–Crippen MR) is 124 cm³/mol. The molecule has 0 saturated heterocycles. The summed E-state index contributed by atoms with van der Waals surface area (Å²) < 4.78 is 1.66. The highest BCUT2D eigenvalue weighted by atomic mass is 32.2. The van der Waals surface area contributed by atoms with E-state index in [0.29, 0.717) is 23.0 Å². The van der Waals surface area contributed by atoms with Gasteiger partial charge in [0.1, 0.15) is 4.83 Å². The van der Waals surface area contributed by atoms with Gasteiger partial charge in [0.2, 0.25) is 5.91 Å². The number of carbonyl (C=O) groups excluding carboxylic acids is 1. The smallest absolute Gasteiger partial charge is 0.263 e. The number of aromatic nitrogens is 2. The molecule has 29 heavy (non-hydrogen) atoms. The maximum atomic E-state index is 12.9. The van der Waals surface area contributed by atoms with Crippen molar-refractivity contribution in [3.05, 3.63) is 50.1 Å². The maximum Gasteiger partial charge on any atom is 0.263 e. The van der Waals surface area contributed by atoms with Crippen LogP contribution in [0.15, 0.2) is 28.2 Å². The molecule has 0 aliphatic carbocycles. The number of para-hydroxylation sites is 1. The molecule has 0 aliphatic heterocycles. The van der Waals surface area contributed by atoms with Gasteiger partial charge in [-0.05, 0) is 50.3 Å². The molecular weight excluding hydrogens is 402 g/mol. The summed E-state index contributed by atoms with van der Waals surface area (Å²) in [6.45, 7) is 12.6. The summed E-state index contributed by atoms with van der Waals surface area (Å²) in [5.74, 6) is 0.423. The molecule has 0 spiro atoms. The highest BCUT2D eigenvalue weighted by Crippen LogP contribution is 2.30. The second-order valence-corrected chi connectivity index (χ2v) is 9.58. The lowest BCUT2D eigenvalue weighted by molar-refractivity contribution is -0.113. The van der Waals surface area contributed by atoms with Gasteiger partial charge in [-0.3, -0.25) is 14.2 Å². The first-order valence-electron chi connectivity index (χ1n) is 9.77. The number of benzene rings is 1. The lowest BCUT2D eigenvalue weighted by Gasteiger charge is -2.16. The summed E-state index contributed by atoms with van der Waals surface area (Å²) in [5.41, 5.74) is 4.03. The van der Waals surface area contributed by atoms with Crippen LogP contribution in [0.1, 0.15) is 48.3 Å². The van der Waals surface area contributed by atoms with Gasteiger partial charge in [-0.2, -0.15) is 0 Å². The van der Waals surface area contributed by atoms with E-state index in [4.69, 9.17) is 4.98 Å². The largest absolute Gasteiger partial charge is 0.325 e. The number of thioether (sulfide) groups is 1. The van der Waals surface area contributed by atoms with Gasteiger partial charge in [0, 0.05) is 17.1 Å². The molecule has 5 nitrogen and oxygen atoms in total. The quantitative estimate of drug-likeness (QED) is 0.429. The topological polar surface area (TPSA) is 64.0 Å². The van der Waals surface area contributed by atoms with Gasteiger partial charge in [0.15, 0.2) is 5.16 Å². The van der Waals surface area contributed by atoms with E-state index in [0.717, 1.165) is 32.1 Å². The average Bonchev–Trinajstić information content (AvgIpc) is 2.95. The van der Waals surface area contributed by atoms with Crippen molar-refractivity contribution in [2.45, 2.75) is 59.2 Å². The minimum Gasteiger partial charge on any atom is -0.325 e. The van der Waals surface area contributed by atoms with Crippen LogP contribution in [0, 0.1) is 20.8 Å². The number of nitrogens with one attached hydrogen (secondary N) is 1. The van der Waals surface area contributed by atoms with Crippen LogP contribution in [0.25, 0.3) is 10.2 Å². The number of nitrogens with zero attached hydrogens (tertiary/aromatic N) is 2. The lowest BCUT2D eigenvalue weighted by atomic mass is 9.98. The van der Waals surface area contributed by atoms with E-state index in [1.807, 2.05) is 45.9 Å². The fourth-order valence-corrected chi connectivity index (χ4v) is 5.28. The summed E-state index contributed by atoms with van der Waals surface area (Å²) in [6.07, 6.45) is 0. The molecule has 2 heterocycles. The van der Waals surface area contributed by atoms with Gasteiger partial charge in [0.25, 0.3) is 5.56 Å². The molecule has 0 saturated carbocycles. The van der Waals surface area contributed by atoms with Crippen molar-refractivity contribution in [1.29, 1.82) is 0 Å². The number of thiophene rings is 1. The Labute approximate surface area is 179 Å². The zero-order chi connectivity index (χ0) is 21.3. The molecular formula is C22H27N3O2S2. The highest BCUT2D eigenvalue weighted by Gasteiger charge is 2.18. The van der Waals surface area contributed by atoms with Crippen LogP contribution in [0.3, 0.4) is 0 Å². The molecule has 3 rings (SSSR count). The van der Waals surface area contributed by atoms with Crippen LogP contribution in [0.5, 0.6) is 0 Å². The molecule has 3 aromatic rings. The molecule has 0 fully saturated rings. The molecule has 1 N–H and O–H groups in total. The minimum atomic E-state index is -0.0956. The van der Waals surface area contributed by atoms with E-state index in [9.17, 15) is 9.59 Å². The molecule has 0 unspecified atom stereocenters. The summed E-state index contributed by atoms with van der Waals surface area (Å²) in [4.78, 5) is 32.2. The second kappa shape index (κ2) is 8.71. The van der Waals surface area contributed by atoms with Crippen LogP contribution >= 0.6 is 23.1 Å². The van der Waals surface area contributed by atoms with Crippen molar-refractivity contribution in [2.24, 2.45) is 0 Å². The number of rotatable bonds is 6. The van der Waals surface area contributed by atoms with Gasteiger partial charge in [-0.25, -0.2) is 4.98 Å². The molecule has 0 aliphatic rings.